The molecule has 7 heteroatoms. The van der Waals surface area contributed by atoms with Gasteiger partial charge in [-0.3, -0.25) is 0 Å². The Kier molecular flexibility index (Phi) is 3.03. The molecular weight excluding hydrogens is 244 g/mol. The third kappa shape index (κ3) is 2.11. The van der Waals surface area contributed by atoms with Crippen molar-refractivity contribution in [2.75, 3.05) is 18.5 Å². The Morgan fingerprint density at radius 2 is 2.00 bits per heavy atom. The van der Waals surface area contributed by atoms with E-state index in [-0.39, 0.29) is 6.61 Å². The molecule has 0 amide bonds. The van der Waals surface area contributed by atoms with Crippen LogP contribution >= 0.6 is 0 Å². The van der Waals surface area contributed by atoms with Crippen LogP contribution in [0.2, 0.25) is 0 Å². The first kappa shape index (κ1) is 11.5. The zero-order chi connectivity index (χ0) is 13.1. The zero-order valence-electron chi connectivity index (χ0n) is 10.1. The van der Waals surface area contributed by atoms with Crippen molar-refractivity contribution in [1.82, 2.24) is 25.0 Å². The van der Waals surface area contributed by atoms with Crippen molar-refractivity contribution >= 4 is 17.0 Å². The minimum Gasteiger partial charge on any atom is -0.395 e. The number of nitrogens with one attached hydrogen (secondary N) is 1. The molecular formula is C12H12N6O. The molecule has 3 rings (SSSR count). The summed E-state index contributed by atoms with van der Waals surface area (Å²) >= 11 is 0. The van der Waals surface area contributed by atoms with Crippen LogP contribution in [0, 0.1) is 0 Å². The third-order valence-electron chi connectivity index (χ3n) is 2.64. The quantitative estimate of drug-likeness (QED) is 0.711. The number of rotatable bonds is 4. The molecule has 1 aromatic carbocycles. The van der Waals surface area contributed by atoms with E-state index in [0.717, 1.165) is 5.69 Å². The molecule has 2 heterocycles. The number of hydrogen-bond donors (Lipinski definition) is 2. The first-order valence-electron chi connectivity index (χ1n) is 5.86. The van der Waals surface area contributed by atoms with Gasteiger partial charge in [0.05, 0.1) is 12.3 Å². The van der Waals surface area contributed by atoms with E-state index in [1.54, 1.807) is 4.68 Å². The van der Waals surface area contributed by atoms with E-state index in [0.29, 0.717) is 23.5 Å². The Bertz CT molecular complexity index is 681. The number of anilines is 1. The molecule has 3 aromatic rings. The Hall–Kier alpha value is -2.54. The van der Waals surface area contributed by atoms with E-state index >= 15 is 0 Å². The molecule has 2 aromatic heterocycles. The number of fused-ring (bicyclic) bond motifs is 1. The lowest BCUT2D eigenvalue weighted by Crippen LogP contribution is -2.07. The van der Waals surface area contributed by atoms with Gasteiger partial charge in [0.2, 0.25) is 0 Å². The predicted molar refractivity (Wildman–Crippen MR) is 70.0 cm³/mol. The molecule has 96 valence electrons. The number of nitrogens with zero attached hydrogens (tertiary/aromatic N) is 5. The van der Waals surface area contributed by atoms with Gasteiger partial charge in [0, 0.05) is 6.54 Å². The van der Waals surface area contributed by atoms with Crippen LogP contribution in [0.5, 0.6) is 0 Å². The minimum absolute atomic E-state index is 0.0261. The Morgan fingerprint density at radius 1 is 1.16 bits per heavy atom. The van der Waals surface area contributed by atoms with Crippen LogP contribution < -0.4 is 5.32 Å². The Labute approximate surface area is 108 Å². The summed E-state index contributed by atoms with van der Waals surface area (Å²) < 4.78 is 1.65. The molecule has 0 saturated carbocycles. The summed E-state index contributed by atoms with van der Waals surface area (Å²) in [5.74, 6) is 0.571. The molecule has 0 atom stereocenters. The molecule has 7 nitrogen and oxygen atoms in total. The zero-order valence-corrected chi connectivity index (χ0v) is 10.1. The van der Waals surface area contributed by atoms with Crippen molar-refractivity contribution in [3.63, 3.8) is 0 Å². The number of hydrogen-bond acceptors (Lipinski definition) is 6. The average Bonchev–Trinajstić information content (AvgIpc) is 2.90. The summed E-state index contributed by atoms with van der Waals surface area (Å²) in [6.07, 6.45) is 1.45. The van der Waals surface area contributed by atoms with Gasteiger partial charge in [-0.1, -0.05) is 23.4 Å². The van der Waals surface area contributed by atoms with Crippen LogP contribution in [0.15, 0.2) is 36.7 Å². The monoisotopic (exact) mass is 256 g/mol. The van der Waals surface area contributed by atoms with Crippen molar-refractivity contribution in [3.05, 3.63) is 36.7 Å². The summed E-state index contributed by atoms with van der Waals surface area (Å²) in [6.45, 7) is 0.433. The lowest BCUT2D eigenvalue weighted by Gasteiger charge is -2.03. The van der Waals surface area contributed by atoms with Gasteiger partial charge in [0.1, 0.15) is 6.33 Å². The van der Waals surface area contributed by atoms with Crippen LogP contribution in [0.25, 0.3) is 16.9 Å². The first-order valence-corrected chi connectivity index (χ1v) is 5.86. The topological polar surface area (TPSA) is 88.8 Å². The summed E-state index contributed by atoms with van der Waals surface area (Å²) in [5, 5.41) is 20.0. The molecule has 0 radical (unpaired) electrons. The molecule has 19 heavy (non-hydrogen) atoms. The highest BCUT2D eigenvalue weighted by molar-refractivity contribution is 5.82. The lowest BCUT2D eigenvalue weighted by molar-refractivity contribution is 0.311. The summed E-state index contributed by atoms with van der Waals surface area (Å²) in [6, 6.07) is 9.64. The fourth-order valence-electron chi connectivity index (χ4n) is 1.80. The second-order valence-corrected chi connectivity index (χ2v) is 3.88. The largest absolute Gasteiger partial charge is 0.395 e. The number of para-hydroxylation sites is 1. The number of aliphatic hydroxyl groups excluding tert-OH is 1. The number of benzene rings is 1. The fourth-order valence-corrected chi connectivity index (χ4v) is 1.80. The fraction of sp³-hybridized carbons (Fsp3) is 0.167. The summed E-state index contributed by atoms with van der Waals surface area (Å²) in [7, 11) is 0. The van der Waals surface area contributed by atoms with Crippen molar-refractivity contribution < 1.29 is 5.11 Å². The second-order valence-electron chi connectivity index (χ2n) is 3.88. The highest BCUT2D eigenvalue weighted by atomic mass is 16.3. The first-order chi connectivity index (χ1) is 9.40. The van der Waals surface area contributed by atoms with Gasteiger partial charge < -0.3 is 10.4 Å². The van der Waals surface area contributed by atoms with E-state index in [1.807, 2.05) is 30.3 Å². The summed E-state index contributed by atoms with van der Waals surface area (Å²) in [5.41, 5.74) is 2.10. The highest BCUT2D eigenvalue weighted by Gasteiger charge is 2.12. The van der Waals surface area contributed by atoms with Gasteiger partial charge in [0.15, 0.2) is 17.0 Å². The van der Waals surface area contributed by atoms with Gasteiger partial charge in [-0.25, -0.2) is 9.97 Å². The Morgan fingerprint density at radius 3 is 2.79 bits per heavy atom. The second kappa shape index (κ2) is 4.99. The molecule has 0 aliphatic rings. The standard InChI is InChI=1S/C12H12N6O/c19-7-6-13-11-10-12(15-8-14-11)18(17-16-10)9-4-2-1-3-5-9/h1-5,8,19H,6-7H2,(H,13,14,15). The predicted octanol–water partition coefficient (Wildman–Crippen LogP) is 0.615. The van der Waals surface area contributed by atoms with Crippen LogP contribution in [0.3, 0.4) is 0 Å². The van der Waals surface area contributed by atoms with Crippen LogP contribution in [0.1, 0.15) is 0 Å². The van der Waals surface area contributed by atoms with E-state index in [9.17, 15) is 0 Å². The van der Waals surface area contributed by atoms with Crippen molar-refractivity contribution in [3.8, 4) is 5.69 Å². The van der Waals surface area contributed by atoms with E-state index in [4.69, 9.17) is 5.11 Å². The SMILES string of the molecule is OCCNc1ncnc2c1nnn2-c1ccccc1. The van der Waals surface area contributed by atoms with Gasteiger partial charge in [0.25, 0.3) is 0 Å². The maximum absolute atomic E-state index is 8.84. The molecule has 0 aliphatic heterocycles. The van der Waals surface area contributed by atoms with Gasteiger partial charge in [-0.2, -0.15) is 4.68 Å². The smallest absolute Gasteiger partial charge is 0.188 e. The maximum atomic E-state index is 8.84. The molecule has 0 saturated heterocycles. The molecule has 0 bridgehead atoms. The van der Waals surface area contributed by atoms with E-state index in [2.05, 4.69) is 25.6 Å². The normalized spacial score (nSPS) is 10.8. The molecule has 0 fully saturated rings. The highest BCUT2D eigenvalue weighted by Crippen LogP contribution is 2.18. The van der Waals surface area contributed by atoms with Crippen LogP contribution in [0.4, 0.5) is 5.82 Å². The van der Waals surface area contributed by atoms with Gasteiger partial charge >= 0.3 is 0 Å². The molecule has 0 unspecified atom stereocenters. The average molecular weight is 256 g/mol. The maximum Gasteiger partial charge on any atom is 0.188 e. The van der Waals surface area contributed by atoms with E-state index < -0.39 is 0 Å². The van der Waals surface area contributed by atoms with Crippen LogP contribution in [-0.4, -0.2) is 43.2 Å². The number of aromatic nitrogens is 5. The summed E-state index contributed by atoms with van der Waals surface area (Å²) in [4.78, 5) is 8.31. The van der Waals surface area contributed by atoms with Crippen molar-refractivity contribution in [1.29, 1.82) is 0 Å². The molecule has 2 N–H and O–H groups in total. The van der Waals surface area contributed by atoms with Crippen molar-refractivity contribution in [2.45, 2.75) is 0 Å². The lowest BCUT2D eigenvalue weighted by atomic mass is 10.3. The number of aliphatic hydroxyl groups is 1. The van der Waals surface area contributed by atoms with Crippen LogP contribution in [-0.2, 0) is 0 Å². The minimum atomic E-state index is 0.0261. The van der Waals surface area contributed by atoms with Gasteiger partial charge in [-0.15, -0.1) is 5.10 Å². The van der Waals surface area contributed by atoms with E-state index in [1.165, 1.54) is 6.33 Å². The third-order valence-corrected chi connectivity index (χ3v) is 2.64. The Balaban J connectivity index is 2.09. The molecule has 0 aliphatic carbocycles. The van der Waals surface area contributed by atoms with Crippen molar-refractivity contribution in [2.24, 2.45) is 0 Å². The van der Waals surface area contributed by atoms with Gasteiger partial charge in [-0.05, 0) is 12.1 Å². The molecule has 0 spiro atoms.